The Morgan fingerprint density at radius 2 is 2.21 bits per heavy atom. The van der Waals surface area contributed by atoms with Crippen LogP contribution in [-0.4, -0.2) is 12.2 Å². The molecule has 0 aliphatic heterocycles. The first-order valence-corrected chi connectivity index (χ1v) is 4.62. The van der Waals surface area contributed by atoms with E-state index in [0.29, 0.717) is 0 Å². The molecule has 78 valence electrons. The van der Waals surface area contributed by atoms with Gasteiger partial charge in [-0.1, -0.05) is 12.1 Å². The maximum absolute atomic E-state index is 11.2. The fraction of sp³-hybridized carbons (Fsp3) is 0.364. The molecule has 0 saturated heterocycles. The molecule has 0 aromatic heterocycles. The van der Waals surface area contributed by atoms with Gasteiger partial charge in [0.25, 0.3) is 0 Å². The maximum atomic E-state index is 11.2. The monoisotopic (exact) mass is 195 g/mol. The largest absolute Gasteiger partial charge is 0.447 e. The van der Waals surface area contributed by atoms with Crippen molar-refractivity contribution < 1.29 is 11.0 Å². The summed E-state index contributed by atoms with van der Waals surface area (Å²) in [5.74, 6) is 0. The molecule has 1 N–H and O–H groups in total. The lowest BCUT2D eigenvalue weighted by Gasteiger charge is -2.09. The van der Waals surface area contributed by atoms with Crippen molar-refractivity contribution in [3.05, 3.63) is 29.8 Å². The van der Waals surface area contributed by atoms with Crippen molar-refractivity contribution in [2.75, 3.05) is 5.32 Å². The average molecular weight is 195 g/mol. The fourth-order valence-electron chi connectivity index (χ4n) is 1.08. The number of hydrogen-bond donors (Lipinski definition) is 1. The number of carbonyl (C=O) groups is 1. The van der Waals surface area contributed by atoms with Gasteiger partial charge >= 0.3 is 6.09 Å². The molecule has 0 atom stereocenters. The predicted octanol–water partition coefficient (Wildman–Crippen LogP) is 3.20. The zero-order valence-corrected chi connectivity index (χ0v) is 8.70. The van der Waals surface area contributed by atoms with Gasteiger partial charge in [-0.25, -0.2) is 4.79 Å². The SMILES string of the molecule is Cc1cccc(NC(=O)OC(C)C)c1.[HH]. The minimum Gasteiger partial charge on any atom is -0.447 e. The third-order valence-electron chi connectivity index (χ3n) is 1.61. The first kappa shape index (κ1) is 10.6. The number of ether oxygens (including phenoxy) is 1. The highest BCUT2D eigenvalue weighted by molar-refractivity contribution is 5.84. The van der Waals surface area contributed by atoms with Crippen LogP contribution in [0.5, 0.6) is 0 Å². The number of hydrogen-bond acceptors (Lipinski definition) is 2. The molecule has 0 aliphatic carbocycles. The average Bonchev–Trinajstić information content (AvgIpc) is 2.01. The van der Waals surface area contributed by atoms with Gasteiger partial charge in [-0.2, -0.15) is 0 Å². The fourth-order valence-corrected chi connectivity index (χ4v) is 1.08. The third-order valence-corrected chi connectivity index (χ3v) is 1.61. The van der Waals surface area contributed by atoms with Gasteiger partial charge in [-0.15, -0.1) is 0 Å². The molecule has 0 aliphatic rings. The summed E-state index contributed by atoms with van der Waals surface area (Å²) < 4.78 is 4.94. The summed E-state index contributed by atoms with van der Waals surface area (Å²) in [7, 11) is 0. The zero-order chi connectivity index (χ0) is 10.6. The van der Waals surface area contributed by atoms with Crippen molar-refractivity contribution >= 4 is 11.8 Å². The summed E-state index contributed by atoms with van der Waals surface area (Å²) in [6, 6.07) is 7.58. The van der Waals surface area contributed by atoms with E-state index >= 15 is 0 Å². The minimum absolute atomic E-state index is 0. The first-order chi connectivity index (χ1) is 6.58. The highest BCUT2D eigenvalue weighted by atomic mass is 16.6. The highest BCUT2D eigenvalue weighted by Gasteiger charge is 2.04. The Bertz CT molecular complexity index is 326. The second kappa shape index (κ2) is 4.65. The first-order valence-electron chi connectivity index (χ1n) is 4.62. The van der Waals surface area contributed by atoms with Crippen LogP contribution in [0.2, 0.25) is 0 Å². The van der Waals surface area contributed by atoms with Gasteiger partial charge in [0.15, 0.2) is 0 Å². The molecule has 3 heteroatoms. The Kier molecular flexibility index (Phi) is 3.51. The van der Waals surface area contributed by atoms with Crippen molar-refractivity contribution in [1.29, 1.82) is 0 Å². The van der Waals surface area contributed by atoms with E-state index in [1.54, 1.807) is 0 Å². The summed E-state index contributed by atoms with van der Waals surface area (Å²) in [6.45, 7) is 5.60. The van der Waals surface area contributed by atoms with Crippen molar-refractivity contribution in [3.63, 3.8) is 0 Å². The number of rotatable bonds is 2. The van der Waals surface area contributed by atoms with E-state index in [-0.39, 0.29) is 7.53 Å². The van der Waals surface area contributed by atoms with Crippen molar-refractivity contribution in [2.24, 2.45) is 0 Å². The van der Waals surface area contributed by atoms with Crippen molar-refractivity contribution in [3.8, 4) is 0 Å². The zero-order valence-electron chi connectivity index (χ0n) is 8.70. The number of aryl methyl sites for hydroxylation is 1. The smallest absolute Gasteiger partial charge is 0.411 e. The Labute approximate surface area is 85.6 Å². The summed E-state index contributed by atoms with van der Waals surface area (Å²) in [5.41, 5.74) is 1.86. The molecule has 0 saturated carbocycles. The Balaban J connectivity index is 0.00000196. The van der Waals surface area contributed by atoms with Crippen LogP contribution < -0.4 is 5.32 Å². The molecular weight excluding hydrogens is 178 g/mol. The standard InChI is InChI=1S/C11H15NO2.H2/c1-8(2)14-11(13)12-10-6-4-5-9(3)7-10;/h4-8H,1-3H3,(H,12,13);1H. The summed E-state index contributed by atoms with van der Waals surface area (Å²) >= 11 is 0. The van der Waals surface area contributed by atoms with Crippen molar-refractivity contribution in [1.82, 2.24) is 0 Å². The van der Waals surface area contributed by atoms with Crippen LogP contribution in [0.3, 0.4) is 0 Å². The number of nitrogens with one attached hydrogen (secondary N) is 1. The van der Waals surface area contributed by atoms with Crippen LogP contribution in [0.25, 0.3) is 0 Å². The van der Waals surface area contributed by atoms with Gasteiger partial charge in [0, 0.05) is 7.11 Å². The molecular formula is C11H17NO2. The van der Waals surface area contributed by atoms with Crippen molar-refractivity contribution in [2.45, 2.75) is 26.9 Å². The van der Waals surface area contributed by atoms with E-state index in [4.69, 9.17) is 4.74 Å². The second-order valence-electron chi connectivity index (χ2n) is 3.45. The van der Waals surface area contributed by atoms with E-state index in [1.807, 2.05) is 45.0 Å². The molecule has 3 nitrogen and oxygen atoms in total. The molecule has 0 unspecified atom stereocenters. The summed E-state index contributed by atoms with van der Waals surface area (Å²) in [4.78, 5) is 11.2. The minimum atomic E-state index is -0.411. The molecule has 1 aromatic rings. The topological polar surface area (TPSA) is 38.3 Å². The summed E-state index contributed by atoms with van der Waals surface area (Å²) in [5, 5.41) is 2.65. The predicted molar refractivity (Wildman–Crippen MR) is 58.5 cm³/mol. The maximum Gasteiger partial charge on any atom is 0.411 e. The lowest BCUT2D eigenvalue weighted by molar-refractivity contribution is 0.130. The van der Waals surface area contributed by atoms with Crippen LogP contribution in [0, 0.1) is 6.92 Å². The van der Waals surface area contributed by atoms with Crippen LogP contribution in [0.4, 0.5) is 10.5 Å². The molecule has 14 heavy (non-hydrogen) atoms. The Morgan fingerprint density at radius 1 is 1.50 bits per heavy atom. The number of benzene rings is 1. The van der Waals surface area contributed by atoms with E-state index in [0.717, 1.165) is 11.3 Å². The quantitative estimate of drug-likeness (QED) is 0.787. The van der Waals surface area contributed by atoms with Gasteiger partial charge in [0.2, 0.25) is 0 Å². The van der Waals surface area contributed by atoms with Gasteiger partial charge in [-0.05, 0) is 38.5 Å². The lowest BCUT2D eigenvalue weighted by Crippen LogP contribution is -2.17. The molecule has 0 bridgehead atoms. The highest BCUT2D eigenvalue weighted by Crippen LogP contribution is 2.09. The van der Waals surface area contributed by atoms with Gasteiger partial charge in [0.05, 0.1) is 6.10 Å². The molecule has 0 heterocycles. The molecule has 0 fully saturated rings. The summed E-state index contributed by atoms with van der Waals surface area (Å²) in [6.07, 6.45) is -0.509. The van der Waals surface area contributed by atoms with Gasteiger partial charge in [0.1, 0.15) is 0 Å². The number of amides is 1. The van der Waals surface area contributed by atoms with Crippen LogP contribution in [-0.2, 0) is 4.74 Å². The van der Waals surface area contributed by atoms with Crippen LogP contribution in [0.15, 0.2) is 24.3 Å². The van der Waals surface area contributed by atoms with E-state index in [2.05, 4.69) is 5.32 Å². The molecule has 1 aromatic carbocycles. The van der Waals surface area contributed by atoms with Gasteiger partial charge < -0.3 is 4.74 Å². The second-order valence-corrected chi connectivity index (χ2v) is 3.45. The number of anilines is 1. The Morgan fingerprint density at radius 3 is 2.79 bits per heavy atom. The van der Waals surface area contributed by atoms with E-state index < -0.39 is 6.09 Å². The molecule has 0 spiro atoms. The van der Waals surface area contributed by atoms with Gasteiger partial charge in [-0.3, -0.25) is 5.32 Å². The van der Waals surface area contributed by atoms with E-state index in [9.17, 15) is 4.79 Å². The molecule has 0 radical (unpaired) electrons. The lowest BCUT2D eigenvalue weighted by atomic mass is 10.2. The van der Waals surface area contributed by atoms with E-state index in [1.165, 1.54) is 0 Å². The van der Waals surface area contributed by atoms with Crippen LogP contribution >= 0.6 is 0 Å². The Hall–Kier alpha value is -1.51. The number of carbonyl (C=O) groups excluding carboxylic acids is 1. The van der Waals surface area contributed by atoms with Crippen LogP contribution in [0.1, 0.15) is 20.8 Å². The normalized spacial score (nSPS) is 10.0. The third kappa shape index (κ3) is 3.47. The molecule has 1 amide bonds. The molecule has 1 rings (SSSR count).